The molecule has 29 heavy (non-hydrogen) atoms. The molecule has 8 heteroatoms. The van der Waals surface area contributed by atoms with E-state index in [1.165, 1.54) is 11.1 Å². The Morgan fingerprint density at radius 1 is 1.10 bits per heavy atom. The predicted octanol–water partition coefficient (Wildman–Crippen LogP) is 3.90. The summed E-state index contributed by atoms with van der Waals surface area (Å²) in [5.41, 5.74) is 2.58. The highest BCUT2D eigenvalue weighted by Crippen LogP contribution is 2.13. The molecule has 0 radical (unpaired) electrons. The topological polar surface area (TPSA) is 79.7 Å². The van der Waals surface area contributed by atoms with Crippen molar-refractivity contribution in [3.05, 3.63) is 53.9 Å². The Kier molecular flexibility index (Phi) is 10.0. The molecular formula is C21H32IN5O2. The Bertz CT molecular complexity index is 794. The largest absolute Gasteiger partial charge is 0.444 e. The minimum atomic E-state index is -0.511. The van der Waals surface area contributed by atoms with Gasteiger partial charge in [0.1, 0.15) is 5.60 Å². The summed E-state index contributed by atoms with van der Waals surface area (Å²) in [5.74, 6) is 0.770. The van der Waals surface area contributed by atoms with Crippen LogP contribution in [0.25, 0.3) is 0 Å². The van der Waals surface area contributed by atoms with Crippen molar-refractivity contribution in [2.24, 2.45) is 12.0 Å². The number of hydrogen-bond donors (Lipinski definition) is 3. The van der Waals surface area contributed by atoms with E-state index in [1.54, 1.807) is 7.05 Å². The molecule has 0 bridgehead atoms. The number of aryl methyl sites for hydroxylation is 1. The Morgan fingerprint density at radius 3 is 2.34 bits per heavy atom. The SMILES string of the molecule is CN=C(NCCc1ccc(NC(=O)OC(C)(C)C)cc1)NCc1ccn(C)c1.I. The number of aromatic nitrogens is 1. The van der Waals surface area contributed by atoms with Crippen LogP contribution in [0.1, 0.15) is 31.9 Å². The fraction of sp³-hybridized carbons (Fsp3) is 0.429. The molecule has 0 saturated carbocycles. The number of guanidine groups is 1. The van der Waals surface area contributed by atoms with Crippen molar-refractivity contribution < 1.29 is 9.53 Å². The van der Waals surface area contributed by atoms with Crippen molar-refractivity contribution in [1.82, 2.24) is 15.2 Å². The first-order valence-electron chi connectivity index (χ1n) is 9.39. The quantitative estimate of drug-likeness (QED) is 0.311. The maximum absolute atomic E-state index is 11.8. The Balaban J connectivity index is 0.00000420. The predicted molar refractivity (Wildman–Crippen MR) is 129 cm³/mol. The second-order valence-corrected chi connectivity index (χ2v) is 7.61. The van der Waals surface area contributed by atoms with Gasteiger partial charge in [-0.1, -0.05) is 12.1 Å². The standard InChI is InChI=1S/C21H31N5O2.HI/c1-21(2,3)28-20(27)25-18-8-6-16(7-9-18)10-12-23-19(22-4)24-14-17-11-13-26(5)15-17;/h6-9,11,13,15H,10,12,14H2,1-5H3,(H,25,27)(H2,22,23,24);1H. The van der Waals surface area contributed by atoms with Crippen LogP contribution in [0.15, 0.2) is 47.7 Å². The number of benzene rings is 1. The molecule has 0 fully saturated rings. The summed E-state index contributed by atoms with van der Waals surface area (Å²) < 4.78 is 7.27. The van der Waals surface area contributed by atoms with Crippen molar-refractivity contribution in [2.75, 3.05) is 18.9 Å². The molecule has 0 saturated heterocycles. The van der Waals surface area contributed by atoms with E-state index < -0.39 is 11.7 Å². The molecule has 1 amide bonds. The number of anilines is 1. The van der Waals surface area contributed by atoms with Gasteiger partial charge in [-0.2, -0.15) is 0 Å². The van der Waals surface area contributed by atoms with Gasteiger partial charge in [0.25, 0.3) is 0 Å². The molecule has 1 aromatic heterocycles. The number of amides is 1. The second-order valence-electron chi connectivity index (χ2n) is 7.61. The maximum Gasteiger partial charge on any atom is 0.412 e. The summed E-state index contributed by atoms with van der Waals surface area (Å²) in [5, 5.41) is 9.34. The Morgan fingerprint density at radius 2 is 1.79 bits per heavy atom. The average molecular weight is 513 g/mol. The highest BCUT2D eigenvalue weighted by molar-refractivity contribution is 14.0. The van der Waals surface area contributed by atoms with Gasteiger partial charge in [-0.05, 0) is 56.5 Å². The van der Waals surface area contributed by atoms with Crippen LogP contribution in [-0.2, 0) is 24.8 Å². The van der Waals surface area contributed by atoms with Crippen LogP contribution in [0.2, 0.25) is 0 Å². The summed E-state index contributed by atoms with van der Waals surface area (Å²) in [4.78, 5) is 16.0. The van der Waals surface area contributed by atoms with Gasteiger partial charge < -0.3 is 19.9 Å². The highest BCUT2D eigenvalue weighted by atomic mass is 127. The molecule has 0 aliphatic carbocycles. The minimum absolute atomic E-state index is 0. The van der Waals surface area contributed by atoms with Crippen LogP contribution in [0, 0.1) is 0 Å². The maximum atomic E-state index is 11.8. The summed E-state index contributed by atoms with van der Waals surface area (Å²) in [7, 11) is 3.77. The molecule has 1 heterocycles. The number of carbonyl (C=O) groups is 1. The van der Waals surface area contributed by atoms with Gasteiger partial charge in [-0.25, -0.2) is 4.79 Å². The third kappa shape index (κ3) is 9.69. The van der Waals surface area contributed by atoms with Crippen LogP contribution in [-0.4, -0.2) is 35.8 Å². The van der Waals surface area contributed by atoms with Crippen molar-refractivity contribution in [2.45, 2.75) is 39.3 Å². The molecule has 2 aromatic rings. The van der Waals surface area contributed by atoms with E-state index in [9.17, 15) is 4.79 Å². The zero-order valence-electron chi connectivity index (χ0n) is 17.8. The fourth-order valence-electron chi connectivity index (χ4n) is 2.57. The molecule has 0 atom stereocenters. The number of ether oxygens (including phenoxy) is 1. The fourth-order valence-corrected chi connectivity index (χ4v) is 2.57. The van der Waals surface area contributed by atoms with Crippen LogP contribution in [0.3, 0.4) is 0 Å². The second kappa shape index (κ2) is 11.7. The summed E-state index contributed by atoms with van der Waals surface area (Å²) >= 11 is 0. The van der Waals surface area contributed by atoms with Crippen molar-refractivity contribution >= 4 is 41.7 Å². The van der Waals surface area contributed by atoms with Gasteiger partial charge in [0.2, 0.25) is 0 Å². The molecule has 0 aliphatic heterocycles. The molecule has 0 spiro atoms. The minimum Gasteiger partial charge on any atom is -0.444 e. The van der Waals surface area contributed by atoms with E-state index in [0.717, 1.165) is 25.5 Å². The smallest absolute Gasteiger partial charge is 0.412 e. The van der Waals surface area contributed by atoms with E-state index in [2.05, 4.69) is 33.2 Å². The lowest BCUT2D eigenvalue weighted by atomic mass is 10.1. The molecular weight excluding hydrogens is 481 g/mol. The first-order valence-corrected chi connectivity index (χ1v) is 9.39. The lowest BCUT2D eigenvalue weighted by molar-refractivity contribution is 0.0636. The number of aliphatic imine (C=N–C) groups is 1. The normalized spacial score (nSPS) is 11.4. The highest BCUT2D eigenvalue weighted by Gasteiger charge is 2.16. The average Bonchev–Trinajstić information content (AvgIpc) is 3.03. The number of nitrogens with one attached hydrogen (secondary N) is 3. The van der Waals surface area contributed by atoms with Gasteiger partial charge >= 0.3 is 6.09 Å². The van der Waals surface area contributed by atoms with E-state index in [4.69, 9.17) is 4.74 Å². The van der Waals surface area contributed by atoms with Crippen LogP contribution in [0.5, 0.6) is 0 Å². The molecule has 1 aromatic carbocycles. The molecule has 3 N–H and O–H groups in total. The van der Waals surface area contributed by atoms with Crippen LogP contribution in [0.4, 0.5) is 10.5 Å². The summed E-state index contributed by atoms with van der Waals surface area (Å²) in [6.07, 6.45) is 4.50. The zero-order valence-corrected chi connectivity index (χ0v) is 20.1. The molecule has 0 aliphatic rings. The molecule has 2 rings (SSSR count). The lowest BCUT2D eigenvalue weighted by Crippen LogP contribution is -2.37. The third-order valence-electron chi connectivity index (χ3n) is 3.88. The van der Waals surface area contributed by atoms with E-state index in [1.807, 2.05) is 62.8 Å². The van der Waals surface area contributed by atoms with E-state index in [0.29, 0.717) is 5.69 Å². The van der Waals surface area contributed by atoms with Crippen LogP contribution >= 0.6 is 24.0 Å². The number of hydrogen-bond acceptors (Lipinski definition) is 3. The molecule has 7 nitrogen and oxygen atoms in total. The van der Waals surface area contributed by atoms with Gasteiger partial charge in [0.05, 0.1) is 0 Å². The Labute approximate surface area is 190 Å². The monoisotopic (exact) mass is 513 g/mol. The number of rotatable bonds is 6. The first-order chi connectivity index (χ1) is 13.2. The van der Waals surface area contributed by atoms with E-state index in [-0.39, 0.29) is 24.0 Å². The van der Waals surface area contributed by atoms with Crippen molar-refractivity contribution in [3.8, 4) is 0 Å². The zero-order chi connectivity index (χ0) is 20.6. The van der Waals surface area contributed by atoms with Gasteiger partial charge in [-0.15, -0.1) is 24.0 Å². The first kappa shape index (κ1) is 24.8. The number of halogens is 1. The lowest BCUT2D eigenvalue weighted by Gasteiger charge is -2.19. The van der Waals surface area contributed by atoms with Gasteiger partial charge in [-0.3, -0.25) is 10.3 Å². The van der Waals surface area contributed by atoms with E-state index >= 15 is 0 Å². The van der Waals surface area contributed by atoms with Gasteiger partial charge in [0.15, 0.2) is 5.96 Å². The summed E-state index contributed by atoms with van der Waals surface area (Å²) in [6, 6.07) is 9.82. The number of nitrogens with zero attached hydrogens (tertiary/aromatic N) is 2. The summed E-state index contributed by atoms with van der Waals surface area (Å²) in [6.45, 7) is 7.00. The van der Waals surface area contributed by atoms with Crippen molar-refractivity contribution in [3.63, 3.8) is 0 Å². The van der Waals surface area contributed by atoms with Crippen LogP contribution < -0.4 is 16.0 Å². The Hall–Kier alpha value is -2.23. The molecule has 0 unspecified atom stereocenters. The number of carbonyl (C=O) groups excluding carboxylic acids is 1. The third-order valence-corrected chi connectivity index (χ3v) is 3.88. The van der Waals surface area contributed by atoms with Crippen molar-refractivity contribution in [1.29, 1.82) is 0 Å². The van der Waals surface area contributed by atoms with Gasteiger partial charge in [0, 0.05) is 45.3 Å². The molecule has 160 valence electrons.